The summed E-state index contributed by atoms with van der Waals surface area (Å²) in [6.07, 6.45) is 3.10. The molecule has 0 atom stereocenters. The quantitative estimate of drug-likeness (QED) is 0.464. The van der Waals surface area contributed by atoms with Crippen molar-refractivity contribution >= 4 is 23.0 Å². The van der Waals surface area contributed by atoms with Crippen molar-refractivity contribution in [3.05, 3.63) is 84.8 Å². The van der Waals surface area contributed by atoms with Crippen molar-refractivity contribution in [1.29, 1.82) is 0 Å². The van der Waals surface area contributed by atoms with Crippen LogP contribution < -0.4 is 5.73 Å². The number of benzene rings is 1. The number of aromatic nitrogens is 5. The Morgan fingerprint density at radius 3 is 2.45 bits per heavy atom. The van der Waals surface area contributed by atoms with Crippen molar-refractivity contribution in [2.75, 3.05) is 5.73 Å². The number of carbonyl (C=O) groups is 1. The van der Waals surface area contributed by atoms with Crippen molar-refractivity contribution in [3.8, 4) is 28.3 Å². The number of nitrogen functional groups attached to an aromatic ring is 1. The van der Waals surface area contributed by atoms with Gasteiger partial charge in [-0.15, -0.1) is 0 Å². The van der Waals surface area contributed by atoms with E-state index in [2.05, 4.69) is 9.97 Å². The normalized spacial score (nSPS) is 11.0. The topological polar surface area (TPSA) is 120 Å². The first kappa shape index (κ1) is 18.4. The van der Waals surface area contributed by atoms with Crippen LogP contribution in [0.25, 0.3) is 39.5 Å². The van der Waals surface area contributed by atoms with Gasteiger partial charge in [-0.1, -0.05) is 30.3 Å². The smallest absolute Gasteiger partial charge is 0.354 e. The molecule has 0 aliphatic heterocycles. The molecule has 4 heterocycles. The molecule has 1 aromatic carbocycles. The van der Waals surface area contributed by atoms with Gasteiger partial charge in [0, 0.05) is 11.8 Å². The molecular formula is C23H16N6O2. The summed E-state index contributed by atoms with van der Waals surface area (Å²) in [6, 6.07) is 20.4. The van der Waals surface area contributed by atoms with E-state index in [0.717, 1.165) is 11.3 Å². The van der Waals surface area contributed by atoms with Gasteiger partial charge in [-0.25, -0.2) is 24.7 Å². The first-order valence-electron chi connectivity index (χ1n) is 9.47. The van der Waals surface area contributed by atoms with E-state index < -0.39 is 5.97 Å². The van der Waals surface area contributed by atoms with Crippen molar-refractivity contribution in [3.63, 3.8) is 0 Å². The molecule has 0 fully saturated rings. The lowest BCUT2D eigenvalue weighted by Crippen LogP contribution is -2.05. The highest BCUT2D eigenvalue weighted by Gasteiger charge is 2.19. The van der Waals surface area contributed by atoms with Crippen LogP contribution in [0.5, 0.6) is 0 Å². The lowest BCUT2D eigenvalue weighted by molar-refractivity contribution is 0.0690. The Morgan fingerprint density at radius 2 is 1.74 bits per heavy atom. The third kappa shape index (κ3) is 3.25. The molecule has 0 saturated heterocycles. The first-order valence-corrected chi connectivity index (χ1v) is 9.47. The van der Waals surface area contributed by atoms with Gasteiger partial charge in [0.25, 0.3) is 0 Å². The van der Waals surface area contributed by atoms with Crippen LogP contribution in [0.3, 0.4) is 0 Å². The molecule has 0 unspecified atom stereocenters. The SMILES string of the molecule is Nc1ncccc1-c1nc2ccc(-c3ccccc3)nc2n1-c1ccc(C(=O)O)nc1. The lowest BCUT2D eigenvalue weighted by atomic mass is 10.1. The minimum absolute atomic E-state index is 0.0476. The fourth-order valence-electron chi connectivity index (χ4n) is 3.40. The molecular weight excluding hydrogens is 392 g/mol. The van der Waals surface area contributed by atoms with E-state index in [-0.39, 0.29) is 5.69 Å². The van der Waals surface area contributed by atoms with Gasteiger partial charge in [-0.2, -0.15) is 0 Å². The number of aromatic carboxylic acids is 1. The molecule has 5 aromatic rings. The highest BCUT2D eigenvalue weighted by Crippen LogP contribution is 2.31. The van der Waals surface area contributed by atoms with Crippen LogP contribution in [-0.2, 0) is 0 Å². The number of carboxylic acids is 1. The summed E-state index contributed by atoms with van der Waals surface area (Å²) in [5, 5.41) is 9.19. The Balaban J connectivity index is 1.79. The van der Waals surface area contributed by atoms with Gasteiger partial charge >= 0.3 is 5.97 Å². The summed E-state index contributed by atoms with van der Waals surface area (Å²) >= 11 is 0. The molecule has 0 amide bonds. The van der Waals surface area contributed by atoms with Crippen LogP contribution in [0, 0.1) is 0 Å². The largest absolute Gasteiger partial charge is 0.477 e. The van der Waals surface area contributed by atoms with Crippen LogP contribution in [0.15, 0.2) is 79.1 Å². The minimum atomic E-state index is -1.09. The molecule has 8 nitrogen and oxygen atoms in total. The Kier molecular flexibility index (Phi) is 4.37. The summed E-state index contributed by atoms with van der Waals surface area (Å²) in [5.74, 6) is -0.219. The number of imidazole rings is 1. The van der Waals surface area contributed by atoms with E-state index in [0.29, 0.717) is 34.1 Å². The second kappa shape index (κ2) is 7.34. The minimum Gasteiger partial charge on any atom is -0.477 e. The molecule has 0 radical (unpaired) electrons. The van der Waals surface area contributed by atoms with Crippen LogP contribution >= 0.6 is 0 Å². The Hall–Kier alpha value is -4.59. The van der Waals surface area contributed by atoms with Crippen molar-refractivity contribution in [1.82, 2.24) is 24.5 Å². The number of carboxylic acid groups (broad SMARTS) is 1. The maximum atomic E-state index is 11.2. The number of fused-ring (bicyclic) bond motifs is 1. The monoisotopic (exact) mass is 408 g/mol. The van der Waals surface area contributed by atoms with Crippen LogP contribution in [0.4, 0.5) is 5.82 Å². The second-order valence-corrected chi connectivity index (χ2v) is 6.82. The van der Waals surface area contributed by atoms with Gasteiger partial charge in [-0.05, 0) is 36.4 Å². The molecule has 0 bridgehead atoms. The third-order valence-electron chi connectivity index (χ3n) is 4.88. The van der Waals surface area contributed by atoms with E-state index in [9.17, 15) is 9.90 Å². The number of hydrogen-bond acceptors (Lipinski definition) is 6. The highest BCUT2D eigenvalue weighted by molar-refractivity contribution is 5.86. The number of anilines is 1. The van der Waals surface area contributed by atoms with Crippen molar-refractivity contribution < 1.29 is 9.90 Å². The van der Waals surface area contributed by atoms with E-state index in [1.807, 2.05) is 53.1 Å². The third-order valence-corrected chi connectivity index (χ3v) is 4.88. The molecule has 0 saturated carbocycles. The van der Waals surface area contributed by atoms with E-state index in [4.69, 9.17) is 15.7 Å². The molecule has 3 N–H and O–H groups in total. The molecule has 0 spiro atoms. The Bertz CT molecular complexity index is 1410. The number of nitrogens with two attached hydrogens (primary N) is 1. The van der Waals surface area contributed by atoms with Gasteiger partial charge in [-0.3, -0.25) is 4.57 Å². The summed E-state index contributed by atoms with van der Waals surface area (Å²) in [7, 11) is 0. The molecule has 0 aliphatic rings. The highest BCUT2D eigenvalue weighted by atomic mass is 16.4. The second-order valence-electron chi connectivity index (χ2n) is 6.82. The van der Waals surface area contributed by atoms with Gasteiger partial charge in [0.05, 0.1) is 23.1 Å². The zero-order valence-corrected chi connectivity index (χ0v) is 16.2. The maximum absolute atomic E-state index is 11.2. The lowest BCUT2D eigenvalue weighted by Gasteiger charge is -2.10. The summed E-state index contributed by atoms with van der Waals surface area (Å²) in [4.78, 5) is 29.1. The predicted octanol–water partition coefficient (Wildman–Crippen LogP) is 3.82. The Labute approximate surface area is 176 Å². The van der Waals surface area contributed by atoms with E-state index in [1.54, 1.807) is 18.3 Å². The van der Waals surface area contributed by atoms with E-state index in [1.165, 1.54) is 12.3 Å². The van der Waals surface area contributed by atoms with Crippen molar-refractivity contribution in [2.45, 2.75) is 0 Å². The average molecular weight is 408 g/mol. The zero-order valence-electron chi connectivity index (χ0n) is 16.2. The van der Waals surface area contributed by atoms with Crippen LogP contribution in [0.2, 0.25) is 0 Å². The molecule has 8 heteroatoms. The van der Waals surface area contributed by atoms with Crippen LogP contribution in [0.1, 0.15) is 10.5 Å². The fourth-order valence-corrected chi connectivity index (χ4v) is 3.40. The van der Waals surface area contributed by atoms with Crippen LogP contribution in [-0.4, -0.2) is 35.6 Å². The number of rotatable bonds is 4. The summed E-state index contributed by atoms with van der Waals surface area (Å²) in [6.45, 7) is 0. The zero-order chi connectivity index (χ0) is 21.4. The molecule has 5 rings (SSSR count). The number of nitrogens with zero attached hydrogens (tertiary/aromatic N) is 5. The van der Waals surface area contributed by atoms with Crippen molar-refractivity contribution in [2.24, 2.45) is 0 Å². The van der Waals surface area contributed by atoms with Gasteiger partial charge in [0.1, 0.15) is 17.0 Å². The van der Waals surface area contributed by atoms with Gasteiger partial charge < -0.3 is 10.8 Å². The summed E-state index contributed by atoms with van der Waals surface area (Å²) in [5.41, 5.74) is 10.4. The molecule has 150 valence electrons. The predicted molar refractivity (Wildman–Crippen MR) is 117 cm³/mol. The average Bonchev–Trinajstić information content (AvgIpc) is 3.18. The Morgan fingerprint density at radius 1 is 0.903 bits per heavy atom. The number of pyridine rings is 3. The van der Waals surface area contributed by atoms with E-state index >= 15 is 0 Å². The first-order chi connectivity index (χ1) is 15.1. The molecule has 4 aromatic heterocycles. The fraction of sp³-hybridized carbons (Fsp3) is 0. The molecule has 0 aliphatic carbocycles. The maximum Gasteiger partial charge on any atom is 0.354 e. The summed E-state index contributed by atoms with van der Waals surface area (Å²) < 4.78 is 1.81. The standard InChI is InChI=1S/C23H16N6O2/c24-20-16(7-4-12-25-20)21-28-18-11-10-17(14-5-2-1-3-6-14)27-22(18)29(21)15-8-9-19(23(30)31)26-13-15/h1-13H,(H2,24,25)(H,30,31). The van der Waals surface area contributed by atoms with Gasteiger partial charge in [0.2, 0.25) is 0 Å². The number of hydrogen-bond donors (Lipinski definition) is 2. The van der Waals surface area contributed by atoms with Gasteiger partial charge in [0.15, 0.2) is 11.5 Å². The molecule has 31 heavy (non-hydrogen) atoms.